The van der Waals surface area contributed by atoms with Crippen LogP contribution in [-0.4, -0.2) is 32.8 Å². The first kappa shape index (κ1) is 21.1. The van der Waals surface area contributed by atoms with Crippen LogP contribution >= 0.6 is 11.6 Å². The van der Waals surface area contributed by atoms with Crippen molar-refractivity contribution in [3.63, 3.8) is 0 Å². The van der Waals surface area contributed by atoms with E-state index in [0.29, 0.717) is 18.1 Å². The fourth-order valence-electron chi connectivity index (χ4n) is 3.88. The highest BCUT2D eigenvalue weighted by Crippen LogP contribution is 2.25. The summed E-state index contributed by atoms with van der Waals surface area (Å²) in [5.74, 6) is 0.174. The minimum absolute atomic E-state index is 0.000703. The van der Waals surface area contributed by atoms with Gasteiger partial charge in [0.1, 0.15) is 11.9 Å². The molecule has 0 saturated carbocycles. The maximum absolute atomic E-state index is 13.1. The molecule has 1 N–H and O–H groups in total. The van der Waals surface area contributed by atoms with Crippen LogP contribution in [0, 0.1) is 12.8 Å². The zero-order chi connectivity index (χ0) is 22.0. The number of carbonyl (C=O) groups is 2. The summed E-state index contributed by atoms with van der Waals surface area (Å²) in [5.41, 5.74) is 3.12. The summed E-state index contributed by atoms with van der Waals surface area (Å²) < 4.78 is 1.88. The Hall–Kier alpha value is -3.12. The number of aryl methyl sites for hydroxylation is 2. The largest absolute Gasteiger partial charge is 0.342 e. The summed E-state index contributed by atoms with van der Waals surface area (Å²) in [6.45, 7) is 2.96. The first-order chi connectivity index (χ1) is 14.9. The highest BCUT2D eigenvalue weighted by atomic mass is 35.5. The molecular formula is C24H25ClN4O2. The fraction of sp³-hybridized carbons (Fsp3) is 0.292. The van der Waals surface area contributed by atoms with Crippen molar-refractivity contribution in [3.8, 4) is 0 Å². The van der Waals surface area contributed by atoms with Crippen LogP contribution < -0.4 is 5.32 Å². The van der Waals surface area contributed by atoms with Crippen molar-refractivity contribution in [1.82, 2.24) is 19.8 Å². The van der Waals surface area contributed by atoms with Crippen molar-refractivity contribution < 1.29 is 9.59 Å². The van der Waals surface area contributed by atoms with Gasteiger partial charge in [-0.05, 0) is 30.2 Å². The van der Waals surface area contributed by atoms with Gasteiger partial charge in [-0.15, -0.1) is 0 Å². The lowest BCUT2D eigenvalue weighted by atomic mass is 10.0. The number of carbonyl (C=O) groups excluding carboxylic acids is 2. The Balaban J connectivity index is 1.48. The van der Waals surface area contributed by atoms with E-state index >= 15 is 0 Å². The fourth-order valence-corrected chi connectivity index (χ4v) is 4.01. The van der Waals surface area contributed by atoms with Crippen LogP contribution in [0.4, 0.5) is 0 Å². The third-order valence-corrected chi connectivity index (χ3v) is 5.94. The molecule has 4 rings (SSSR count). The number of benzene rings is 2. The van der Waals surface area contributed by atoms with Gasteiger partial charge in [-0.2, -0.15) is 0 Å². The van der Waals surface area contributed by atoms with Gasteiger partial charge in [0, 0.05) is 44.0 Å². The van der Waals surface area contributed by atoms with E-state index < -0.39 is 12.0 Å². The molecule has 2 amide bonds. The smallest absolute Gasteiger partial charge is 0.226 e. The number of rotatable bonds is 6. The van der Waals surface area contributed by atoms with Gasteiger partial charge in [-0.25, -0.2) is 4.98 Å². The SMILES string of the molecule is Cc1ccc(CN2C[C@@H](C(=O)N[C@H](c3ccc(Cl)cc3)c3nccn3C)CC2=O)cc1. The van der Waals surface area contributed by atoms with E-state index in [1.54, 1.807) is 23.2 Å². The lowest BCUT2D eigenvalue weighted by Gasteiger charge is -2.21. The minimum Gasteiger partial charge on any atom is -0.342 e. The predicted molar refractivity (Wildman–Crippen MR) is 119 cm³/mol. The van der Waals surface area contributed by atoms with Crippen LogP contribution in [0.25, 0.3) is 0 Å². The van der Waals surface area contributed by atoms with Gasteiger partial charge in [-0.1, -0.05) is 53.6 Å². The summed E-state index contributed by atoms with van der Waals surface area (Å²) in [4.78, 5) is 31.9. The molecule has 1 saturated heterocycles. The monoisotopic (exact) mass is 436 g/mol. The van der Waals surface area contributed by atoms with Crippen LogP contribution in [0.3, 0.4) is 0 Å². The van der Waals surface area contributed by atoms with E-state index in [1.807, 2.05) is 61.1 Å². The van der Waals surface area contributed by atoms with Crippen LogP contribution in [0.5, 0.6) is 0 Å². The van der Waals surface area contributed by atoms with E-state index in [2.05, 4.69) is 10.3 Å². The normalized spacial score (nSPS) is 17.1. The molecule has 2 aromatic carbocycles. The molecule has 2 heterocycles. The summed E-state index contributed by atoms with van der Waals surface area (Å²) in [7, 11) is 1.89. The second-order valence-electron chi connectivity index (χ2n) is 8.05. The maximum atomic E-state index is 13.1. The number of aromatic nitrogens is 2. The summed E-state index contributed by atoms with van der Waals surface area (Å²) in [5, 5.41) is 3.73. The van der Waals surface area contributed by atoms with Gasteiger partial charge in [0.15, 0.2) is 0 Å². The van der Waals surface area contributed by atoms with E-state index in [1.165, 1.54) is 5.56 Å². The molecule has 0 bridgehead atoms. The third-order valence-electron chi connectivity index (χ3n) is 5.69. The molecule has 3 aromatic rings. The second kappa shape index (κ2) is 8.94. The second-order valence-corrected chi connectivity index (χ2v) is 8.49. The molecule has 1 fully saturated rings. The number of hydrogen-bond acceptors (Lipinski definition) is 3. The average Bonchev–Trinajstić information content (AvgIpc) is 3.34. The van der Waals surface area contributed by atoms with Crippen LogP contribution in [0.1, 0.15) is 35.0 Å². The Bertz CT molecular complexity index is 1080. The van der Waals surface area contributed by atoms with Crippen LogP contribution in [0.15, 0.2) is 60.9 Å². The number of imidazole rings is 1. The molecular weight excluding hydrogens is 412 g/mol. The zero-order valence-electron chi connectivity index (χ0n) is 17.6. The van der Waals surface area contributed by atoms with E-state index in [9.17, 15) is 9.59 Å². The number of hydrogen-bond donors (Lipinski definition) is 1. The van der Waals surface area contributed by atoms with Gasteiger partial charge in [0.2, 0.25) is 11.8 Å². The van der Waals surface area contributed by atoms with Gasteiger partial charge in [0.25, 0.3) is 0 Å². The topological polar surface area (TPSA) is 67.2 Å². The standard InChI is InChI=1S/C24H25ClN4O2/c1-16-3-5-17(6-4-16)14-29-15-19(13-21(29)30)24(31)27-22(23-26-11-12-28(23)2)18-7-9-20(25)10-8-18/h3-12,19,22H,13-15H2,1-2H3,(H,27,31)/t19-,22+/m0/s1. The van der Waals surface area contributed by atoms with E-state index in [4.69, 9.17) is 11.6 Å². The van der Waals surface area contributed by atoms with Crippen molar-refractivity contribution in [2.75, 3.05) is 6.54 Å². The first-order valence-electron chi connectivity index (χ1n) is 10.3. The lowest BCUT2D eigenvalue weighted by Crippen LogP contribution is -2.37. The number of amides is 2. The zero-order valence-corrected chi connectivity index (χ0v) is 18.3. The van der Waals surface area contributed by atoms with E-state index in [-0.39, 0.29) is 18.2 Å². The molecule has 160 valence electrons. The number of nitrogens with zero attached hydrogens (tertiary/aromatic N) is 3. The number of nitrogens with one attached hydrogen (secondary N) is 1. The first-order valence-corrected chi connectivity index (χ1v) is 10.6. The molecule has 0 radical (unpaired) electrons. The predicted octanol–water partition coefficient (Wildman–Crippen LogP) is 3.64. The molecule has 1 aliphatic rings. The Morgan fingerprint density at radius 1 is 1.19 bits per heavy atom. The molecule has 2 atom stereocenters. The highest BCUT2D eigenvalue weighted by Gasteiger charge is 2.35. The molecule has 31 heavy (non-hydrogen) atoms. The molecule has 1 aromatic heterocycles. The van der Waals surface area contributed by atoms with Crippen molar-refractivity contribution >= 4 is 23.4 Å². The van der Waals surface area contributed by atoms with Gasteiger partial charge >= 0.3 is 0 Å². The summed E-state index contributed by atoms with van der Waals surface area (Å²) in [6, 6.07) is 15.0. The summed E-state index contributed by atoms with van der Waals surface area (Å²) in [6.07, 6.45) is 3.76. The Kier molecular flexibility index (Phi) is 6.09. The van der Waals surface area contributed by atoms with Crippen molar-refractivity contribution in [3.05, 3.63) is 88.5 Å². The third kappa shape index (κ3) is 4.80. The molecule has 1 aliphatic heterocycles. The minimum atomic E-state index is -0.425. The number of likely N-dealkylation sites (tertiary alicyclic amines) is 1. The van der Waals surface area contributed by atoms with Crippen molar-refractivity contribution in [2.45, 2.75) is 25.9 Å². The number of halogens is 1. The highest BCUT2D eigenvalue weighted by molar-refractivity contribution is 6.30. The van der Waals surface area contributed by atoms with E-state index in [0.717, 1.165) is 17.0 Å². The van der Waals surface area contributed by atoms with Crippen LogP contribution in [-0.2, 0) is 23.2 Å². The molecule has 0 unspecified atom stereocenters. The Morgan fingerprint density at radius 3 is 2.55 bits per heavy atom. The van der Waals surface area contributed by atoms with Crippen molar-refractivity contribution in [1.29, 1.82) is 0 Å². The Labute approximate surface area is 186 Å². The molecule has 0 spiro atoms. The molecule has 0 aliphatic carbocycles. The summed E-state index contributed by atoms with van der Waals surface area (Å²) >= 11 is 6.04. The van der Waals surface area contributed by atoms with Crippen molar-refractivity contribution in [2.24, 2.45) is 13.0 Å². The van der Waals surface area contributed by atoms with Gasteiger partial charge in [-0.3, -0.25) is 9.59 Å². The van der Waals surface area contributed by atoms with Gasteiger partial charge in [0.05, 0.1) is 5.92 Å². The average molecular weight is 437 g/mol. The van der Waals surface area contributed by atoms with Crippen LogP contribution in [0.2, 0.25) is 5.02 Å². The van der Waals surface area contributed by atoms with Gasteiger partial charge < -0.3 is 14.8 Å². The quantitative estimate of drug-likeness (QED) is 0.641. The Morgan fingerprint density at radius 2 is 1.90 bits per heavy atom. The maximum Gasteiger partial charge on any atom is 0.226 e. The molecule has 6 nitrogen and oxygen atoms in total. The lowest BCUT2D eigenvalue weighted by molar-refractivity contribution is -0.129. The molecule has 7 heteroatoms.